The number of carbonyl (C=O) groups is 1. The van der Waals surface area contributed by atoms with Gasteiger partial charge in [-0.15, -0.1) is 0 Å². The van der Waals surface area contributed by atoms with Crippen molar-refractivity contribution in [2.75, 3.05) is 13.2 Å². The van der Waals surface area contributed by atoms with E-state index in [-0.39, 0.29) is 30.9 Å². The molecule has 2 heterocycles. The third kappa shape index (κ3) is 3.71. The molecule has 1 aliphatic heterocycles. The van der Waals surface area contributed by atoms with Crippen LogP contribution in [0.4, 0.5) is 8.78 Å². The fourth-order valence-electron chi connectivity index (χ4n) is 3.97. The molecule has 1 amide bonds. The second-order valence-electron chi connectivity index (χ2n) is 7.89. The third-order valence-corrected chi connectivity index (χ3v) is 5.65. The number of hydrogen-bond acceptors (Lipinski definition) is 3. The van der Waals surface area contributed by atoms with Crippen LogP contribution in [0.2, 0.25) is 0 Å². The number of aromatic nitrogens is 2. The summed E-state index contributed by atoms with van der Waals surface area (Å²) < 4.78 is 34.2. The molecule has 0 radical (unpaired) electrons. The maximum absolute atomic E-state index is 13.2. The Kier molecular flexibility index (Phi) is 4.30. The Morgan fingerprint density at radius 3 is 2.72 bits per heavy atom. The van der Waals surface area contributed by atoms with E-state index in [2.05, 4.69) is 5.10 Å². The molecule has 0 bridgehead atoms. The van der Waals surface area contributed by atoms with E-state index < -0.39 is 11.8 Å². The van der Waals surface area contributed by atoms with E-state index >= 15 is 0 Å². The Balaban J connectivity index is 1.45. The van der Waals surface area contributed by atoms with Gasteiger partial charge in [0.25, 0.3) is 0 Å². The van der Waals surface area contributed by atoms with Gasteiger partial charge in [0, 0.05) is 45.2 Å². The average Bonchev–Trinajstić information content (AvgIpc) is 3.15. The first-order chi connectivity index (χ1) is 11.9. The van der Waals surface area contributed by atoms with Gasteiger partial charge >= 0.3 is 0 Å². The second-order valence-corrected chi connectivity index (χ2v) is 7.89. The highest BCUT2D eigenvalue weighted by atomic mass is 19.3. The van der Waals surface area contributed by atoms with E-state index in [1.807, 2.05) is 13.2 Å². The molecule has 3 fully saturated rings. The highest BCUT2D eigenvalue weighted by Crippen LogP contribution is 2.44. The van der Waals surface area contributed by atoms with Gasteiger partial charge in [0.05, 0.1) is 18.3 Å². The topological polar surface area (TPSA) is 47.4 Å². The van der Waals surface area contributed by atoms with Crippen LogP contribution in [0.15, 0.2) is 12.4 Å². The van der Waals surface area contributed by atoms with Gasteiger partial charge in [0.15, 0.2) is 0 Å². The van der Waals surface area contributed by atoms with Gasteiger partial charge in [0.2, 0.25) is 11.8 Å². The highest BCUT2D eigenvalue weighted by Gasteiger charge is 2.52. The summed E-state index contributed by atoms with van der Waals surface area (Å²) >= 11 is 0. The van der Waals surface area contributed by atoms with Crippen LogP contribution < -0.4 is 0 Å². The SMILES string of the molecule is Cn1cc(C[C@H]2[C@@H](OCC3CC3)CCN2C(=O)C2CC(F)(F)C2)cn1. The Labute approximate surface area is 146 Å². The van der Waals surface area contributed by atoms with Gasteiger partial charge in [-0.1, -0.05) is 0 Å². The van der Waals surface area contributed by atoms with Crippen molar-refractivity contribution >= 4 is 5.91 Å². The summed E-state index contributed by atoms with van der Waals surface area (Å²) in [5.41, 5.74) is 1.05. The minimum Gasteiger partial charge on any atom is -0.376 e. The van der Waals surface area contributed by atoms with Gasteiger partial charge in [-0.2, -0.15) is 5.10 Å². The van der Waals surface area contributed by atoms with Crippen LogP contribution >= 0.6 is 0 Å². The zero-order valence-electron chi connectivity index (χ0n) is 14.5. The smallest absolute Gasteiger partial charge is 0.249 e. The van der Waals surface area contributed by atoms with Crippen LogP contribution in [0.25, 0.3) is 0 Å². The van der Waals surface area contributed by atoms with Crippen molar-refractivity contribution in [2.45, 2.75) is 56.6 Å². The predicted octanol–water partition coefficient (Wildman–Crippen LogP) is 2.40. The number of nitrogens with zero attached hydrogens (tertiary/aromatic N) is 3. The van der Waals surface area contributed by atoms with E-state index in [1.54, 1.807) is 15.8 Å². The molecule has 2 saturated carbocycles. The van der Waals surface area contributed by atoms with E-state index in [1.165, 1.54) is 12.8 Å². The van der Waals surface area contributed by atoms with Gasteiger partial charge in [-0.3, -0.25) is 9.48 Å². The number of hydrogen-bond donors (Lipinski definition) is 0. The first-order valence-electron chi connectivity index (χ1n) is 9.19. The van der Waals surface area contributed by atoms with Crippen LogP contribution in [0.1, 0.15) is 37.7 Å². The summed E-state index contributed by atoms with van der Waals surface area (Å²) in [5, 5.41) is 4.19. The molecule has 0 N–H and O–H groups in total. The van der Waals surface area contributed by atoms with Crippen molar-refractivity contribution in [3.05, 3.63) is 18.0 Å². The maximum Gasteiger partial charge on any atom is 0.249 e. The molecule has 3 aliphatic rings. The lowest BCUT2D eigenvalue weighted by Crippen LogP contribution is -2.50. The zero-order valence-corrected chi connectivity index (χ0v) is 14.5. The van der Waals surface area contributed by atoms with Crippen molar-refractivity contribution < 1.29 is 18.3 Å². The molecular weight excluding hydrogens is 328 g/mol. The molecule has 5 nitrogen and oxygen atoms in total. The van der Waals surface area contributed by atoms with Crippen molar-refractivity contribution in [3.8, 4) is 0 Å². The molecule has 7 heteroatoms. The summed E-state index contributed by atoms with van der Waals surface area (Å²) in [4.78, 5) is 14.5. The summed E-state index contributed by atoms with van der Waals surface area (Å²) in [6, 6.07) is -0.0790. The molecule has 2 aliphatic carbocycles. The molecule has 0 aromatic carbocycles. The lowest BCUT2D eigenvalue weighted by molar-refractivity contribution is -0.161. The molecule has 1 aromatic rings. The molecule has 138 valence electrons. The fraction of sp³-hybridized carbons (Fsp3) is 0.778. The monoisotopic (exact) mass is 353 g/mol. The normalized spacial score (nSPS) is 29.0. The zero-order chi connectivity index (χ0) is 17.6. The maximum atomic E-state index is 13.2. The Morgan fingerprint density at radius 2 is 2.12 bits per heavy atom. The number of carbonyl (C=O) groups excluding carboxylic acids is 1. The van der Waals surface area contributed by atoms with Crippen molar-refractivity contribution in [3.63, 3.8) is 0 Å². The van der Waals surface area contributed by atoms with E-state index in [4.69, 9.17) is 4.74 Å². The van der Waals surface area contributed by atoms with Crippen LogP contribution in [0.5, 0.6) is 0 Å². The standard InChI is InChI=1S/C18H25F2N3O2/c1-22-10-13(9-21-22)6-15-16(25-11-12-2-3-12)4-5-23(15)17(24)14-7-18(19,20)8-14/h9-10,12,14-16H,2-8,11H2,1H3/t15-,16-/m0/s1. The molecule has 0 spiro atoms. The van der Waals surface area contributed by atoms with Gasteiger partial charge in [0.1, 0.15) is 0 Å². The number of halogens is 2. The van der Waals surface area contributed by atoms with Crippen molar-refractivity contribution in [1.82, 2.24) is 14.7 Å². The fourth-order valence-corrected chi connectivity index (χ4v) is 3.97. The largest absolute Gasteiger partial charge is 0.376 e. The Bertz CT molecular complexity index is 636. The van der Waals surface area contributed by atoms with Gasteiger partial charge < -0.3 is 9.64 Å². The van der Waals surface area contributed by atoms with Gasteiger partial charge in [-0.25, -0.2) is 8.78 Å². The molecule has 2 atom stereocenters. The van der Waals surface area contributed by atoms with E-state index in [0.29, 0.717) is 18.9 Å². The Morgan fingerprint density at radius 1 is 1.36 bits per heavy atom. The van der Waals surface area contributed by atoms with Crippen LogP contribution in [-0.4, -0.2) is 51.8 Å². The minimum atomic E-state index is -2.67. The molecule has 1 aromatic heterocycles. The lowest BCUT2D eigenvalue weighted by atomic mass is 9.80. The first-order valence-corrected chi connectivity index (χ1v) is 9.19. The summed E-state index contributed by atoms with van der Waals surface area (Å²) in [6.07, 6.45) is 7.01. The molecular formula is C18H25F2N3O2. The predicted molar refractivity (Wildman–Crippen MR) is 87.2 cm³/mol. The lowest BCUT2D eigenvalue weighted by Gasteiger charge is -2.38. The minimum absolute atomic E-state index is 0.00894. The third-order valence-electron chi connectivity index (χ3n) is 5.65. The van der Waals surface area contributed by atoms with Gasteiger partial charge in [-0.05, 0) is 37.2 Å². The number of amides is 1. The van der Waals surface area contributed by atoms with Crippen LogP contribution in [-0.2, 0) is 23.0 Å². The molecule has 4 rings (SSSR count). The molecule has 1 saturated heterocycles. The molecule has 25 heavy (non-hydrogen) atoms. The number of likely N-dealkylation sites (tertiary alicyclic amines) is 1. The number of aryl methyl sites for hydroxylation is 1. The van der Waals surface area contributed by atoms with E-state index in [9.17, 15) is 13.6 Å². The first kappa shape index (κ1) is 16.9. The highest BCUT2D eigenvalue weighted by molar-refractivity contribution is 5.80. The summed E-state index contributed by atoms with van der Waals surface area (Å²) in [5.74, 6) is -2.67. The quantitative estimate of drug-likeness (QED) is 0.789. The second kappa shape index (κ2) is 6.34. The average molecular weight is 353 g/mol. The summed E-state index contributed by atoms with van der Waals surface area (Å²) in [7, 11) is 1.86. The Hall–Kier alpha value is -1.50. The number of alkyl halides is 2. The van der Waals surface area contributed by atoms with Crippen molar-refractivity contribution in [2.24, 2.45) is 18.9 Å². The number of ether oxygens (including phenoxy) is 1. The van der Waals surface area contributed by atoms with E-state index in [0.717, 1.165) is 18.6 Å². The summed E-state index contributed by atoms with van der Waals surface area (Å²) in [6.45, 7) is 1.35. The number of rotatable bonds is 6. The molecule has 0 unspecified atom stereocenters. The van der Waals surface area contributed by atoms with Crippen LogP contribution in [0, 0.1) is 11.8 Å². The van der Waals surface area contributed by atoms with Crippen LogP contribution in [0.3, 0.4) is 0 Å². The van der Waals surface area contributed by atoms with Crippen molar-refractivity contribution in [1.29, 1.82) is 0 Å².